The van der Waals surface area contributed by atoms with Gasteiger partial charge in [-0.25, -0.2) is 4.79 Å². The molecule has 1 aromatic heterocycles. The number of anilines is 1. The van der Waals surface area contributed by atoms with E-state index in [0.29, 0.717) is 47.0 Å². The first kappa shape index (κ1) is 20.9. The van der Waals surface area contributed by atoms with E-state index in [2.05, 4.69) is 5.32 Å². The Labute approximate surface area is 173 Å². The Kier molecular flexibility index (Phi) is 6.56. The lowest BCUT2D eigenvalue weighted by Gasteiger charge is -2.12. The monoisotopic (exact) mass is 414 g/mol. The molecule has 152 valence electrons. The third kappa shape index (κ3) is 4.44. The van der Waals surface area contributed by atoms with Crippen molar-refractivity contribution in [2.45, 2.75) is 33.2 Å². The molecule has 2 aromatic carbocycles. The van der Waals surface area contributed by atoms with E-state index in [-0.39, 0.29) is 5.56 Å². The number of carbonyl (C=O) groups excluding carboxylic acids is 1. The fourth-order valence-corrected chi connectivity index (χ4v) is 3.41. The lowest BCUT2D eigenvalue weighted by Crippen LogP contribution is -2.21. The van der Waals surface area contributed by atoms with Crippen LogP contribution in [0.4, 0.5) is 5.69 Å². The summed E-state index contributed by atoms with van der Waals surface area (Å²) in [6.45, 7) is 4.75. The maximum absolute atomic E-state index is 12.7. The van der Waals surface area contributed by atoms with Crippen molar-refractivity contribution < 1.29 is 13.9 Å². The zero-order chi connectivity index (χ0) is 21.0. The van der Waals surface area contributed by atoms with Gasteiger partial charge in [-0.1, -0.05) is 31.0 Å². The summed E-state index contributed by atoms with van der Waals surface area (Å²) < 4.78 is 11.2. The maximum atomic E-state index is 12.7. The highest BCUT2D eigenvalue weighted by Gasteiger charge is 2.18. The van der Waals surface area contributed by atoms with Crippen molar-refractivity contribution in [3.63, 3.8) is 0 Å². The number of carbonyl (C=O) groups is 1. The molecule has 0 atom stereocenters. The van der Waals surface area contributed by atoms with Crippen LogP contribution in [0, 0.1) is 0 Å². The summed E-state index contributed by atoms with van der Waals surface area (Å²) in [7, 11) is 0. The number of aryl methyl sites for hydroxylation is 1. The molecule has 0 spiro atoms. The van der Waals surface area contributed by atoms with Gasteiger partial charge >= 0.3 is 5.63 Å². The number of hydrogen-bond acceptors (Lipinski definition) is 5. The van der Waals surface area contributed by atoms with Crippen LogP contribution in [0.1, 0.15) is 41.8 Å². The van der Waals surface area contributed by atoms with Crippen LogP contribution in [-0.4, -0.2) is 12.5 Å². The van der Waals surface area contributed by atoms with Gasteiger partial charge in [-0.15, -0.1) is 0 Å². The largest absolute Gasteiger partial charge is 0.493 e. The number of hydrogen-bond donors (Lipinski definition) is 2. The standard InChI is InChI=1S/C22H23ClN2O4/c1-3-5-16-19(28-4-2)9-7-13-10-17(22(27)29-20(13)16)21(26)25-15-8-6-14(12-24)18(23)11-15/h6-11H,3-5,12,24H2,1-2H3,(H,25,26). The molecule has 0 saturated heterocycles. The number of benzene rings is 2. The minimum Gasteiger partial charge on any atom is -0.493 e. The topological polar surface area (TPSA) is 94.6 Å². The van der Waals surface area contributed by atoms with Gasteiger partial charge in [-0.3, -0.25) is 4.79 Å². The van der Waals surface area contributed by atoms with Gasteiger partial charge in [0.25, 0.3) is 5.91 Å². The average Bonchev–Trinajstić information content (AvgIpc) is 2.70. The van der Waals surface area contributed by atoms with Crippen LogP contribution in [0.25, 0.3) is 11.0 Å². The Hall–Kier alpha value is -2.83. The van der Waals surface area contributed by atoms with Crippen LogP contribution in [0.2, 0.25) is 5.02 Å². The summed E-state index contributed by atoms with van der Waals surface area (Å²) in [4.78, 5) is 25.2. The summed E-state index contributed by atoms with van der Waals surface area (Å²) in [5, 5.41) is 3.79. The number of rotatable bonds is 7. The molecule has 3 aromatic rings. The van der Waals surface area contributed by atoms with E-state index in [1.165, 1.54) is 0 Å². The molecule has 3 rings (SSSR count). The first-order valence-corrected chi connectivity index (χ1v) is 9.88. The van der Waals surface area contributed by atoms with Crippen molar-refractivity contribution in [3.05, 3.63) is 68.5 Å². The van der Waals surface area contributed by atoms with Gasteiger partial charge in [0, 0.05) is 28.2 Å². The summed E-state index contributed by atoms with van der Waals surface area (Å²) >= 11 is 6.13. The fourth-order valence-electron chi connectivity index (χ4n) is 3.15. The van der Waals surface area contributed by atoms with E-state index >= 15 is 0 Å². The van der Waals surface area contributed by atoms with E-state index < -0.39 is 11.5 Å². The molecule has 0 aliphatic heterocycles. The molecule has 0 bridgehead atoms. The second kappa shape index (κ2) is 9.11. The summed E-state index contributed by atoms with van der Waals surface area (Å²) in [6, 6.07) is 10.2. The molecule has 0 aliphatic rings. The van der Waals surface area contributed by atoms with Crippen molar-refractivity contribution in [2.75, 3.05) is 11.9 Å². The Balaban J connectivity index is 1.98. The molecular formula is C22H23ClN2O4. The normalized spacial score (nSPS) is 10.9. The second-order valence-corrected chi connectivity index (χ2v) is 6.96. The fraction of sp³-hybridized carbons (Fsp3) is 0.273. The highest BCUT2D eigenvalue weighted by molar-refractivity contribution is 6.31. The van der Waals surface area contributed by atoms with E-state index in [0.717, 1.165) is 17.5 Å². The van der Waals surface area contributed by atoms with Crippen LogP contribution in [0.5, 0.6) is 5.75 Å². The molecule has 3 N–H and O–H groups in total. The first-order chi connectivity index (χ1) is 14.0. The zero-order valence-electron chi connectivity index (χ0n) is 16.4. The van der Waals surface area contributed by atoms with E-state index in [9.17, 15) is 9.59 Å². The molecule has 7 heteroatoms. The maximum Gasteiger partial charge on any atom is 0.349 e. The first-order valence-electron chi connectivity index (χ1n) is 9.50. The molecule has 0 radical (unpaired) electrons. The third-order valence-electron chi connectivity index (χ3n) is 4.54. The Morgan fingerprint density at radius 3 is 2.66 bits per heavy atom. The number of nitrogens with two attached hydrogens (primary N) is 1. The van der Waals surface area contributed by atoms with Crippen LogP contribution < -0.4 is 21.4 Å². The van der Waals surface area contributed by atoms with Crippen LogP contribution >= 0.6 is 11.6 Å². The molecule has 0 unspecified atom stereocenters. The molecule has 0 saturated carbocycles. The van der Waals surface area contributed by atoms with Crippen molar-refractivity contribution in [1.29, 1.82) is 0 Å². The number of nitrogens with one attached hydrogen (secondary N) is 1. The van der Waals surface area contributed by atoms with Gasteiger partial charge in [-0.05, 0) is 49.2 Å². The minimum atomic E-state index is -0.703. The average molecular weight is 415 g/mol. The highest BCUT2D eigenvalue weighted by Crippen LogP contribution is 2.29. The van der Waals surface area contributed by atoms with Gasteiger partial charge in [0.1, 0.15) is 16.9 Å². The Morgan fingerprint density at radius 1 is 1.21 bits per heavy atom. The SMILES string of the molecule is CCCc1c(OCC)ccc2cc(C(=O)Nc3ccc(CN)c(Cl)c3)c(=O)oc12. The molecule has 1 amide bonds. The van der Waals surface area contributed by atoms with Crippen molar-refractivity contribution in [1.82, 2.24) is 0 Å². The molecule has 1 heterocycles. The summed E-state index contributed by atoms with van der Waals surface area (Å²) in [5.74, 6) is 0.125. The van der Waals surface area contributed by atoms with Gasteiger partial charge in [-0.2, -0.15) is 0 Å². The van der Waals surface area contributed by atoms with Crippen molar-refractivity contribution in [2.24, 2.45) is 5.73 Å². The lowest BCUT2D eigenvalue weighted by atomic mass is 10.0. The zero-order valence-corrected chi connectivity index (χ0v) is 17.1. The molecule has 29 heavy (non-hydrogen) atoms. The number of halogens is 1. The lowest BCUT2D eigenvalue weighted by molar-refractivity contribution is 0.102. The van der Waals surface area contributed by atoms with Gasteiger partial charge in [0.2, 0.25) is 0 Å². The number of ether oxygens (including phenoxy) is 1. The van der Waals surface area contributed by atoms with E-state index in [1.54, 1.807) is 30.3 Å². The van der Waals surface area contributed by atoms with E-state index in [1.807, 2.05) is 19.9 Å². The Bertz CT molecular complexity index is 1110. The predicted molar refractivity (Wildman–Crippen MR) is 115 cm³/mol. The molecule has 6 nitrogen and oxygen atoms in total. The molecule has 0 aliphatic carbocycles. The van der Waals surface area contributed by atoms with Gasteiger partial charge in [0.15, 0.2) is 0 Å². The number of fused-ring (bicyclic) bond motifs is 1. The van der Waals surface area contributed by atoms with Crippen LogP contribution in [0.3, 0.4) is 0 Å². The summed E-state index contributed by atoms with van der Waals surface area (Å²) in [5.41, 5.74) is 7.33. The minimum absolute atomic E-state index is 0.0804. The third-order valence-corrected chi connectivity index (χ3v) is 4.89. The smallest absolute Gasteiger partial charge is 0.349 e. The van der Waals surface area contributed by atoms with Crippen LogP contribution in [0.15, 0.2) is 45.6 Å². The highest BCUT2D eigenvalue weighted by atomic mass is 35.5. The van der Waals surface area contributed by atoms with Gasteiger partial charge in [0.05, 0.1) is 6.61 Å². The van der Waals surface area contributed by atoms with Crippen molar-refractivity contribution >= 4 is 34.2 Å². The van der Waals surface area contributed by atoms with Crippen molar-refractivity contribution in [3.8, 4) is 5.75 Å². The number of amides is 1. The second-order valence-electron chi connectivity index (χ2n) is 6.56. The molecule has 0 fully saturated rings. The van der Waals surface area contributed by atoms with E-state index in [4.69, 9.17) is 26.5 Å². The van der Waals surface area contributed by atoms with Gasteiger partial charge < -0.3 is 20.2 Å². The van der Waals surface area contributed by atoms with Crippen LogP contribution in [-0.2, 0) is 13.0 Å². The Morgan fingerprint density at radius 2 is 2.00 bits per heavy atom. The molecular weight excluding hydrogens is 392 g/mol. The summed E-state index contributed by atoms with van der Waals surface area (Å²) in [6.07, 6.45) is 1.57. The predicted octanol–water partition coefficient (Wildman–Crippen LogP) is 4.51. The quantitative estimate of drug-likeness (QED) is 0.554.